The molecule has 2 N–H and O–H groups in total. The topological polar surface area (TPSA) is 85.0 Å². The van der Waals surface area contributed by atoms with E-state index < -0.39 is 0 Å². The van der Waals surface area contributed by atoms with Crippen LogP contribution in [0.15, 0.2) is 59.5 Å². The lowest BCUT2D eigenvalue weighted by molar-refractivity contribution is -0.116. The van der Waals surface area contributed by atoms with Crippen LogP contribution in [0.4, 0.5) is 5.82 Å². The highest BCUT2D eigenvalue weighted by Crippen LogP contribution is 2.11. The zero-order chi connectivity index (χ0) is 17.5. The molecule has 0 aliphatic carbocycles. The predicted octanol–water partition coefficient (Wildman–Crippen LogP) is 2.41. The van der Waals surface area contributed by atoms with Gasteiger partial charge in [-0.1, -0.05) is 0 Å². The minimum absolute atomic E-state index is 0.176. The molecule has 0 aromatic carbocycles. The zero-order valence-electron chi connectivity index (χ0n) is 13.8. The minimum Gasteiger partial charge on any atom is -0.465 e. The number of amides is 1. The van der Waals surface area contributed by atoms with E-state index in [0.29, 0.717) is 24.7 Å². The summed E-state index contributed by atoms with van der Waals surface area (Å²) in [5, 5.41) is 5.98. The number of furan rings is 1. The molecule has 1 amide bonds. The Morgan fingerprint density at radius 1 is 1.24 bits per heavy atom. The second-order valence-corrected chi connectivity index (χ2v) is 5.32. The summed E-state index contributed by atoms with van der Waals surface area (Å²) in [7, 11) is 0. The van der Waals surface area contributed by atoms with Gasteiger partial charge in [0.2, 0.25) is 5.91 Å². The molecule has 7 nitrogen and oxygen atoms in total. The van der Waals surface area contributed by atoms with Crippen LogP contribution in [0.2, 0.25) is 0 Å². The number of aryl methyl sites for hydroxylation is 1. The lowest BCUT2D eigenvalue weighted by atomic mass is 10.4. The van der Waals surface area contributed by atoms with Crippen molar-refractivity contribution in [3.63, 3.8) is 0 Å². The summed E-state index contributed by atoms with van der Waals surface area (Å²) in [5.41, 5.74) is 0. The highest BCUT2D eigenvalue weighted by atomic mass is 16.3. The Kier molecular flexibility index (Phi) is 5.26. The van der Waals surface area contributed by atoms with Crippen molar-refractivity contribution < 1.29 is 9.21 Å². The first-order valence-electron chi connectivity index (χ1n) is 7.93. The molecule has 0 atom stereocenters. The van der Waals surface area contributed by atoms with E-state index in [9.17, 15) is 4.79 Å². The van der Waals surface area contributed by atoms with E-state index in [1.165, 1.54) is 6.08 Å². The summed E-state index contributed by atoms with van der Waals surface area (Å²) in [4.78, 5) is 20.5. The first-order valence-corrected chi connectivity index (χ1v) is 7.93. The van der Waals surface area contributed by atoms with E-state index in [1.807, 2.05) is 42.1 Å². The molecule has 0 radical (unpaired) electrons. The molecule has 0 spiro atoms. The molecular weight excluding hydrogens is 318 g/mol. The third kappa shape index (κ3) is 4.81. The van der Waals surface area contributed by atoms with E-state index in [2.05, 4.69) is 20.6 Å². The molecule has 3 aromatic heterocycles. The van der Waals surface area contributed by atoms with Crippen molar-refractivity contribution in [1.29, 1.82) is 0 Å². The Labute approximate surface area is 145 Å². The van der Waals surface area contributed by atoms with Crippen LogP contribution in [0.3, 0.4) is 0 Å². The van der Waals surface area contributed by atoms with Gasteiger partial charge in [0, 0.05) is 37.6 Å². The van der Waals surface area contributed by atoms with Gasteiger partial charge in [0.15, 0.2) is 0 Å². The molecule has 0 saturated heterocycles. The maximum absolute atomic E-state index is 11.7. The molecule has 0 unspecified atom stereocenters. The first kappa shape index (κ1) is 16.5. The number of carbonyl (C=O) groups is 1. The zero-order valence-corrected chi connectivity index (χ0v) is 13.8. The molecular formula is C18H19N5O2. The lowest BCUT2D eigenvalue weighted by Gasteiger charge is -2.09. The van der Waals surface area contributed by atoms with Crippen LogP contribution in [0, 0.1) is 6.92 Å². The standard InChI is InChI=1S/C18H19N5O2/c1-14-21-16(13-17(22-14)23-10-2-3-11-23)19-8-9-20-18(24)7-6-15-5-4-12-25-15/h2-7,10-13H,8-9H2,1H3,(H,20,24)(H,19,21,22). The van der Waals surface area contributed by atoms with E-state index in [4.69, 9.17) is 4.42 Å². The molecule has 25 heavy (non-hydrogen) atoms. The number of nitrogens with one attached hydrogen (secondary N) is 2. The normalized spacial score (nSPS) is 10.9. The number of hydrogen-bond acceptors (Lipinski definition) is 5. The van der Waals surface area contributed by atoms with Crippen molar-refractivity contribution in [2.45, 2.75) is 6.92 Å². The fourth-order valence-electron chi connectivity index (χ4n) is 2.24. The summed E-state index contributed by atoms with van der Waals surface area (Å²) in [6.07, 6.45) is 8.49. The summed E-state index contributed by atoms with van der Waals surface area (Å²) in [5.74, 6) is 2.66. The van der Waals surface area contributed by atoms with Crippen molar-refractivity contribution in [3.8, 4) is 5.82 Å². The predicted molar refractivity (Wildman–Crippen MR) is 95.3 cm³/mol. The summed E-state index contributed by atoms with van der Waals surface area (Å²) < 4.78 is 7.04. The fourth-order valence-corrected chi connectivity index (χ4v) is 2.24. The van der Waals surface area contributed by atoms with Crippen LogP contribution in [0.5, 0.6) is 0 Å². The number of hydrogen-bond donors (Lipinski definition) is 2. The SMILES string of the molecule is Cc1nc(NCCNC(=O)C=Cc2ccco2)cc(-n2cccc2)n1. The second-order valence-electron chi connectivity index (χ2n) is 5.32. The van der Waals surface area contributed by atoms with Crippen molar-refractivity contribution in [3.05, 3.63) is 66.6 Å². The highest BCUT2D eigenvalue weighted by molar-refractivity contribution is 5.91. The van der Waals surface area contributed by atoms with Gasteiger partial charge in [0.1, 0.15) is 23.2 Å². The van der Waals surface area contributed by atoms with Gasteiger partial charge in [-0.3, -0.25) is 4.79 Å². The molecule has 0 aliphatic heterocycles. The Bertz CT molecular complexity index is 838. The van der Waals surface area contributed by atoms with Crippen molar-refractivity contribution in [2.24, 2.45) is 0 Å². The Morgan fingerprint density at radius 3 is 2.84 bits per heavy atom. The van der Waals surface area contributed by atoms with Crippen LogP contribution in [0.1, 0.15) is 11.6 Å². The molecule has 0 fully saturated rings. The van der Waals surface area contributed by atoms with Gasteiger partial charge in [-0.25, -0.2) is 9.97 Å². The largest absolute Gasteiger partial charge is 0.465 e. The fraction of sp³-hybridized carbons (Fsp3) is 0.167. The molecule has 128 valence electrons. The number of nitrogens with zero attached hydrogens (tertiary/aromatic N) is 3. The van der Waals surface area contributed by atoms with Crippen LogP contribution < -0.4 is 10.6 Å². The minimum atomic E-state index is -0.176. The van der Waals surface area contributed by atoms with Gasteiger partial charge in [-0.15, -0.1) is 0 Å². The Balaban J connectivity index is 1.48. The van der Waals surface area contributed by atoms with Gasteiger partial charge in [-0.2, -0.15) is 0 Å². The quantitative estimate of drug-likeness (QED) is 0.511. The number of carbonyl (C=O) groups excluding carboxylic acids is 1. The van der Waals surface area contributed by atoms with Crippen molar-refractivity contribution in [2.75, 3.05) is 18.4 Å². The van der Waals surface area contributed by atoms with Crippen molar-refractivity contribution in [1.82, 2.24) is 19.9 Å². The van der Waals surface area contributed by atoms with Crippen LogP contribution in [-0.4, -0.2) is 33.5 Å². The summed E-state index contributed by atoms with van der Waals surface area (Å²) in [6, 6.07) is 9.30. The molecule has 7 heteroatoms. The molecule has 3 heterocycles. The maximum Gasteiger partial charge on any atom is 0.244 e. The molecule has 0 aliphatic rings. The molecule has 3 rings (SSSR count). The van der Waals surface area contributed by atoms with Gasteiger partial charge >= 0.3 is 0 Å². The van der Waals surface area contributed by atoms with Crippen LogP contribution >= 0.6 is 0 Å². The Morgan fingerprint density at radius 2 is 2.08 bits per heavy atom. The average molecular weight is 337 g/mol. The molecule has 3 aromatic rings. The number of aromatic nitrogens is 3. The number of rotatable bonds is 7. The molecule has 0 bridgehead atoms. The van der Waals surface area contributed by atoms with Gasteiger partial charge in [0.05, 0.1) is 6.26 Å². The third-order valence-corrected chi connectivity index (χ3v) is 3.37. The smallest absolute Gasteiger partial charge is 0.244 e. The number of anilines is 1. The van der Waals surface area contributed by atoms with E-state index in [0.717, 1.165) is 11.6 Å². The van der Waals surface area contributed by atoms with Crippen LogP contribution in [0.25, 0.3) is 11.9 Å². The van der Waals surface area contributed by atoms with E-state index >= 15 is 0 Å². The lowest BCUT2D eigenvalue weighted by Crippen LogP contribution is -2.27. The van der Waals surface area contributed by atoms with Crippen molar-refractivity contribution >= 4 is 17.8 Å². The van der Waals surface area contributed by atoms with E-state index in [-0.39, 0.29) is 5.91 Å². The van der Waals surface area contributed by atoms with E-state index in [1.54, 1.807) is 24.5 Å². The first-order chi connectivity index (χ1) is 12.2. The maximum atomic E-state index is 11.7. The average Bonchev–Trinajstić information content (AvgIpc) is 3.30. The monoisotopic (exact) mass is 337 g/mol. The summed E-state index contributed by atoms with van der Waals surface area (Å²) >= 11 is 0. The Hall–Kier alpha value is -3.35. The second kappa shape index (κ2) is 7.96. The summed E-state index contributed by atoms with van der Waals surface area (Å²) in [6.45, 7) is 2.88. The van der Waals surface area contributed by atoms with Crippen LogP contribution in [-0.2, 0) is 4.79 Å². The van der Waals surface area contributed by atoms with Gasteiger partial charge < -0.3 is 19.6 Å². The van der Waals surface area contributed by atoms with Gasteiger partial charge in [0.25, 0.3) is 0 Å². The molecule has 0 saturated carbocycles. The third-order valence-electron chi connectivity index (χ3n) is 3.37. The van der Waals surface area contributed by atoms with Gasteiger partial charge in [-0.05, 0) is 37.3 Å². The highest BCUT2D eigenvalue weighted by Gasteiger charge is 2.03.